The second-order valence-electron chi connectivity index (χ2n) is 9.20. The highest BCUT2D eigenvalue weighted by Gasteiger charge is 2.35. The predicted octanol–water partition coefficient (Wildman–Crippen LogP) is 4.49. The van der Waals surface area contributed by atoms with Crippen LogP contribution in [0, 0.1) is 0 Å². The number of amides is 1. The van der Waals surface area contributed by atoms with Gasteiger partial charge in [-0.3, -0.25) is 4.79 Å². The predicted molar refractivity (Wildman–Crippen MR) is 133 cm³/mol. The van der Waals surface area contributed by atoms with Gasteiger partial charge in [0.1, 0.15) is 0 Å². The zero-order chi connectivity index (χ0) is 24.4. The molecule has 1 saturated heterocycles. The van der Waals surface area contributed by atoms with E-state index in [9.17, 15) is 13.2 Å². The maximum atomic E-state index is 13.4. The summed E-state index contributed by atoms with van der Waals surface area (Å²) in [4.78, 5) is 19.6. The van der Waals surface area contributed by atoms with Crippen LogP contribution < -0.4 is 0 Å². The van der Waals surface area contributed by atoms with Crippen molar-refractivity contribution in [1.29, 1.82) is 0 Å². The van der Waals surface area contributed by atoms with E-state index in [2.05, 4.69) is 4.98 Å². The van der Waals surface area contributed by atoms with Crippen molar-refractivity contribution in [1.82, 2.24) is 14.5 Å². The summed E-state index contributed by atoms with van der Waals surface area (Å²) in [7, 11) is -3.71. The van der Waals surface area contributed by atoms with Crippen molar-refractivity contribution in [2.24, 2.45) is 0 Å². The van der Waals surface area contributed by atoms with Gasteiger partial charge >= 0.3 is 0 Å². The molecule has 1 aromatic heterocycles. The molecule has 2 heterocycles. The molecule has 7 nitrogen and oxygen atoms in total. The quantitative estimate of drug-likeness (QED) is 0.421. The molecular weight excluding hydrogens is 486 g/mol. The Kier molecular flexibility index (Phi) is 6.95. The van der Waals surface area contributed by atoms with Gasteiger partial charge in [0, 0.05) is 23.2 Å². The van der Waals surface area contributed by atoms with Crippen LogP contribution in [0.25, 0.3) is 0 Å². The van der Waals surface area contributed by atoms with Crippen LogP contribution in [0.5, 0.6) is 0 Å². The zero-order valence-electron chi connectivity index (χ0n) is 19.3. The first-order valence-corrected chi connectivity index (χ1v) is 13.9. The molecule has 1 saturated carbocycles. The van der Waals surface area contributed by atoms with E-state index in [1.165, 1.54) is 0 Å². The van der Waals surface area contributed by atoms with Gasteiger partial charge in [0.2, 0.25) is 15.0 Å². The van der Waals surface area contributed by atoms with Gasteiger partial charge in [-0.2, -0.15) is 0 Å². The number of ether oxygens (including phenoxy) is 1. The fraction of sp³-hybridized carbons (Fsp3) is 0.385. The van der Waals surface area contributed by atoms with Crippen LogP contribution in [0.2, 0.25) is 5.02 Å². The van der Waals surface area contributed by atoms with Crippen LogP contribution in [0.1, 0.15) is 47.3 Å². The zero-order valence-corrected chi connectivity index (χ0v) is 20.9. The molecule has 1 atom stereocenters. The van der Waals surface area contributed by atoms with Crippen LogP contribution in [0.4, 0.5) is 0 Å². The van der Waals surface area contributed by atoms with Crippen molar-refractivity contribution in [3.05, 3.63) is 82.6 Å². The monoisotopic (exact) mass is 513 g/mol. The minimum absolute atomic E-state index is 0.0257. The standard InChI is InChI=1S/C26H28ClN3O4S/c27-21-9-4-8-20(14-21)25(31)29(22-11-12-22)16-23-15-28-26(30(23)17-24-10-5-13-34-24)35(32,33)18-19-6-2-1-3-7-19/h1-4,6-9,14-15,22,24H,5,10-13,16-18H2. The van der Waals surface area contributed by atoms with Crippen molar-refractivity contribution in [2.45, 2.75) is 61.8 Å². The van der Waals surface area contributed by atoms with Crippen LogP contribution in [-0.2, 0) is 33.4 Å². The molecule has 1 amide bonds. The molecule has 2 aliphatic rings. The summed E-state index contributed by atoms with van der Waals surface area (Å²) < 4.78 is 34.4. The summed E-state index contributed by atoms with van der Waals surface area (Å²) in [6.45, 7) is 1.33. The number of imidazole rings is 1. The molecule has 184 valence electrons. The molecule has 1 aliphatic heterocycles. The Hall–Kier alpha value is -2.68. The number of halogens is 1. The molecule has 0 bridgehead atoms. The fourth-order valence-electron chi connectivity index (χ4n) is 4.53. The fourth-order valence-corrected chi connectivity index (χ4v) is 6.22. The third kappa shape index (κ3) is 5.60. The van der Waals surface area contributed by atoms with Crippen LogP contribution in [0.3, 0.4) is 0 Å². The molecule has 1 aliphatic carbocycles. The number of sulfone groups is 1. The number of nitrogens with zero attached hydrogens (tertiary/aromatic N) is 3. The number of hydrogen-bond donors (Lipinski definition) is 0. The first kappa shape index (κ1) is 24.0. The number of hydrogen-bond acceptors (Lipinski definition) is 5. The Morgan fingerprint density at radius 1 is 1.11 bits per heavy atom. The number of rotatable bonds is 9. The molecule has 0 radical (unpaired) electrons. The Morgan fingerprint density at radius 3 is 2.60 bits per heavy atom. The van der Waals surface area contributed by atoms with Gasteiger partial charge in [0.15, 0.2) is 0 Å². The molecule has 35 heavy (non-hydrogen) atoms. The smallest absolute Gasteiger partial charge is 0.254 e. The Bertz CT molecular complexity index is 1300. The number of benzene rings is 2. The van der Waals surface area contributed by atoms with Crippen molar-refractivity contribution in [3.8, 4) is 0 Å². The Balaban J connectivity index is 1.47. The van der Waals surface area contributed by atoms with E-state index in [0.29, 0.717) is 35.0 Å². The van der Waals surface area contributed by atoms with E-state index in [-0.39, 0.29) is 35.5 Å². The topological polar surface area (TPSA) is 81.5 Å². The third-order valence-electron chi connectivity index (χ3n) is 6.44. The van der Waals surface area contributed by atoms with Crippen molar-refractivity contribution < 1.29 is 17.9 Å². The van der Waals surface area contributed by atoms with Gasteiger partial charge in [0.25, 0.3) is 5.91 Å². The highest BCUT2D eigenvalue weighted by Crippen LogP contribution is 2.31. The molecule has 2 fully saturated rings. The van der Waals surface area contributed by atoms with Gasteiger partial charge in [-0.25, -0.2) is 13.4 Å². The van der Waals surface area contributed by atoms with Crippen molar-refractivity contribution in [2.75, 3.05) is 6.61 Å². The molecule has 1 unspecified atom stereocenters. The highest BCUT2D eigenvalue weighted by molar-refractivity contribution is 7.90. The van der Waals surface area contributed by atoms with E-state index < -0.39 is 9.84 Å². The lowest BCUT2D eigenvalue weighted by Gasteiger charge is -2.24. The maximum absolute atomic E-state index is 13.4. The lowest BCUT2D eigenvalue weighted by Crippen LogP contribution is -2.34. The number of aromatic nitrogens is 2. The van der Waals surface area contributed by atoms with Gasteiger partial charge in [0.05, 0.1) is 36.8 Å². The van der Waals surface area contributed by atoms with Gasteiger partial charge in [-0.15, -0.1) is 0 Å². The summed E-state index contributed by atoms with van der Waals surface area (Å²) in [6.07, 6.45) is 5.17. The summed E-state index contributed by atoms with van der Waals surface area (Å²) in [5.41, 5.74) is 1.91. The number of carbonyl (C=O) groups is 1. The lowest BCUT2D eigenvalue weighted by atomic mass is 10.2. The third-order valence-corrected chi connectivity index (χ3v) is 8.27. The molecule has 5 rings (SSSR count). The Labute approximate surface area is 210 Å². The highest BCUT2D eigenvalue weighted by atomic mass is 35.5. The first-order chi connectivity index (χ1) is 16.9. The minimum atomic E-state index is -3.71. The van der Waals surface area contributed by atoms with Crippen LogP contribution in [-0.4, -0.2) is 47.5 Å². The average Bonchev–Trinajstić information content (AvgIpc) is 3.39. The second-order valence-corrected chi connectivity index (χ2v) is 11.5. The average molecular weight is 514 g/mol. The maximum Gasteiger partial charge on any atom is 0.254 e. The summed E-state index contributed by atoms with van der Waals surface area (Å²) in [5.74, 6) is -0.252. The lowest BCUT2D eigenvalue weighted by molar-refractivity contribution is 0.0718. The molecule has 2 aromatic carbocycles. The van der Waals surface area contributed by atoms with E-state index >= 15 is 0 Å². The summed E-state index contributed by atoms with van der Waals surface area (Å²) in [6, 6.07) is 16.1. The van der Waals surface area contributed by atoms with Gasteiger partial charge in [-0.1, -0.05) is 48.0 Å². The molecular formula is C26H28ClN3O4S. The largest absolute Gasteiger partial charge is 0.376 e. The number of carbonyl (C=O) groups excluding carboxylic acids is 1. The normalized spacial score (nSPS) is 18.0. The van der Waals surface area contributed by atoms with Gasteiger partial charge in [-0.05, 0) is 49.4 Å². The second kappa shape index (κ2) is 10.1. The summed E-state index contributed by atoms with van der Waals surface area (Å²) in [5, 5.41) is 0.530. The SMILES string of the molecule is O=C(c1cccc(Cl)c1)N(Cc1cnc(S(=O)(=O)Cc2ccccc2)n1CC1CCCO1)C1CC1. The van der Waals surface area contributed by atoms with Gasteiger partial charge < -0.3 is 14.2 Å². The van der Waals surface area contributed by atoms with Crippen molar-refractivity contribution in [3.63, 3.8) is 0 Å². The van der Waals surface area contributed by atoms with E-state index in [0.717, 1.165) is 25.7 Å². The van der Waals surface area contributed by atoms with Crippen molar-refractivity contribution >= 4 is 27.3 Å². The molecule has 9 heteroatoms. The van der Waals surface area contributed by atoms with E-state index in [1.807, 2.05) is 23.1 Å². The van der Waals surface area contributed by atoms with E-state index in [1.54, 1.807) is 47.2 Å². The van der Waals surface area contributed by atoms with Crippen LogP contribution >= 0.6 is 11.6 Å². The Morgan fingerprint density at radius 2 is 1.91 bits per heavy atom. The molecule has 0 spiro atoms. The molecule has 0 N–H and O–H groups in total. The molecule has 3 aromatic rings. The van der Waals surface area contributed by atoms with Crippen LogP contribution in [0.15, 0.2) is 66.0 Å². The van der Waals surface area contributed by atoms with E-state index in [4.69, 9.17) is 16.3 Å². The minimum Gasteiger partial charge on any atom is -0.376 e. The summed E-state index contributed by atoms with van der Waals surface area (Å²) >= 11 is 6.12. The first-order valence-electron chi connectivity index (χ1n) is 11.9.